The first-order valence-corrected chi connectivity index (χ1v) is 20.0. The van der Waals surface area contributed by atoms with Crippen LogP contribution in [0.2, 0.25) is 5.02 Å². The van der Waals surface area contributed by atoms with Crippen molar-refractivity contribution in [3.05, 3.63) is 82.8 Å². The first-order chi connectivity index (χ1) is 27.6. The van der Waals surface area contributed by atoms with Crippen LogP contribution in [0.25, 0.3) is 10.8 Å². The number of ether oxygens (including phenoxy) is 1. The second-order valence-corrected chi connectivity index (χ2v) is 16.2. The fraction of sp³-hybridized carbons (Fsp3) is 0.419. The van der Waals surface area contributed by atoms with Gasteiger partial charge in [0.1, 0.15) is 28.8 Å². The molecule has 0 bridgehead atoms. The number of H-pyrrole nitrogens is 1. The van der Waals surface area contributed by atoms with Crippen LogP contribution in [0.5, 0.6) is 5.75 Å². The number of nitrogens with one attached hydrogen (secondary N) is 4. The second-order valence-electron chi connectivity index (χ2n) is 14.3. The molecule has 2 unspecified atom stereocenters. The Morgan fingerprint density at radius 1 is 1.02 bits per heavy atom. The summed E-state index contributed by atoms with van der Waals surface area (Å²) >= 11 is 5.79. The molecular weight excluding hydrogens is 780 g/mol. The predicted octanol–water partition coefficient (Wildman–Crippen LogP) is 5.53. The number of carbonyl (C=O) groups excluding carboxylic acids is 4. The number of methoxy groups -OCH3 is 1. The lowest BCUT2D eigenvalue weighted by atomic mass is 9.85. The molecule has 1 aromatic heterocycles. The Morgan fingerprint density at radius 3 is 2.19 bits per heavy atom. The van der Waals surface area contributed by atoms with Gasteiger partial charge in [0.2, 0.25) is 18.2 Å². The Balaban J connectivity index is 0.000000492. The van der Waals surface area contributed by atoms with E-state index in [1.807, 2.05) is 32.9 Å². The van der Waals surface area contributed by atoms with E-state index < -0.39 is 23.1 Å². The lowest BCUT2D eigenvalue weighted by Crippen LogP contribution is -2.54. The highest BCUT2D eigenvalue weighted by atomic mass is 35.5. The minimum Gasteiger partial charge on any atom is -0.495 e. The average molecular weight is 837 g/mol. The summed E-state index contributed by atoms with van der Waals surface area (Å²) in [5, 5.41) is 8.48. The van der Waals surface area contributed by atoms with Gasteiger partial charge in [-0.25, -0.2) is 4.21 Å². The molecule has 6 rings (SSSR count). The zero-order valence-corrected chi connectivity index (χ0v) is 35.8. The van der Waals surface area contributed by atoms with E-state index >= 15 is 0 Å². The van der Waals surface area contributed by atoms with Gasteiger partial charge in [0.25, 0.3) is 11.5 Å². The summed E-state index contributed by atoms with van der Waals surface area (Å²) in [5.41, 5.74) is 0.740. The number of terminal acetylenes is 2. The zero-order chi connectivity index (χ0) is 44.2. The van der Waals surface area contributed by atoms with Gasteiger partial charge in [-0.05, 0) is 80.3 Å². The number of carbonyl (C=O) groups is 4. The average Bonchev–Trinajstić information content (AvgIpc) is 4.18. The largest absolute Gasteiger partial charge is 0.495 e. The van der Waals surface area contributed by atoms with Gasteiger partial charge in [-0.3, -0.25) is 28.7 Å². The van der Waals surface area contributed by atoms with Gasteiger partial charge in [0.05, 0.1) is 17.7 Å². The molecule has 58 heavy (non-hydrogen) atoms. The van der Waals surface area contributed by atoms with Crippen LogP contribution < -0.4 is 25.7 Å². The number of hydrogen-bond donors (Lipinski definition) is 4. The molecule has 4 amide bonds. The van der Waals surface area contributed by atoms with E-state index in [4.69, 9.17) is 16.3 Å². The van der Waals surface area contributed by atoms with E-state index in [0.29, 0.717) is 46.8 Å². The third-order valence-electron chi connectivity index (χ3n) is 8.74. The molecule has 2 heterocycles. The molecule has 2 saturated carbocycles. The van der Waals surface area contributed by atoms with Crippen LogP contribution in [0.1, 0.15) is 69.7 Å². The van der Waals surface area contributed by atoms with E-state index in [2.05, 4.69) is 59.2 Å². The molecule has 3 aliphatic rings. The molecule has 2 aromatic carbocycles. The summed E-state index contributed by atoms with van der Waals surface area (Å²) < 4.78 is 17.9. The summed E-state index contributed by atoms with van der Waals surface area (Å²) in [6.45, 7) is 12.6. The summed E-state index contributed by atoms with van der Waals surface area (Å²) in [7, 11) is 3.90. The fourth-order valence-electron chi connectivity index (χ4n) is 5.61. The number of amides is 4. The topological polar surface area (TPSA) is 170 Å². The molecule has 15 heteroatoms. The van der Waals surface area contributed by atoms with Crippen LogP contribution in [-0.4, -0.2) is 94.2 Å². The molecule has 0 radical (unpaired) electrons. The highest BCUT2D eigenvalue weighted by Gasteiger charge is 2.42. The predicted molar refractivity (Wildman–Crippen MR) is 235 cm³/mol. The summed E-state index contributed by atoms with van der Waals surface area (Å²) in [6, 6.07) is 11.7. The van der Waals surface area contributed by atoms with Crippen LogP contribution in [0, 0.1) is 31.1 Å². The number of halogens is 1. The molecule has 2 aliphatic carbocycles. The van der Waals surface area contributed by atoms with Crippen LogP contribution in [-0.2, 0) is 25.4 Å². The lowest BCUT2D eigenvalue weighted by Gasteiger charge is -2.36. The molecule has 0 spiro atoms. The second kappa shape index (κ2) is 24.9. The minimum absolute atomic E-state index is 0.0328. The van der Waals surface area contributed by atoms with Gasteiger partial charge in [-0.1, -0.05) is 38.4 Å². The number of nitrogens with zero attached hydrogens (tertiary/aromatic N) is 2. The molecule has 13 nitrogen and oxygen atoms in total. The molecular formula is C43H57ClN6O7S. The number of fused-ring (bicyclic) bond motifs is 1. The van der Waals surface area contributed by atoms with Crippen molar-refractivity contribution in [1.82, 2.24) is 24.8 Å². The Labute approximate surface area is 350 Å². The maximum Gasteiger partial charge on any atom is 0.256 e. The number of anilines is 1. The van der Waals surface area contributed by atoms with E-state index in [-0.39, 0.29) is 40.0 Å². The Kier molecular flexibility index (Phi) is 21.7. The third kappa shape index (κ3) is 15.4. The van der Waals surface area contributed by atoms with E-state index in [1.54, 1.807) is 62.6 Å². The summed E-state index contributed by atoms with van der Waals surface area (Å²) in [5.74, 6) is 0.444. The Morgan fingerprint density at radius 2 is 1.66 bits per heavy atom. The molecule has 4 N–H and O–H groups in total. The molecule has 3 fully saturated rings. The Bertz CT molecular complexity index is 1940. The molecule has 1 saturated heterocycles. The summed E-state index contributed by atoms with van der Waals surface area (Å²) in [4.78, 5) is 65.4. The van der Waals surface area contributed by atoms with Crippen molar-refractivity contribution in [3.63, 3.8) is 0 Å². The molecule has 3 aromatic rings. The maximum atomic E-state index is 13.5. The van der Waals surface area contributed by atoms with Crippen molar-refractivity contribution in [1.29, 1.82) is 0 Å². The Hall–Kier alpha value is -5.57. The van der Waals surface area contributed by atoms with E-state index in [1.165, 1.54) is 4.90 Å². The van der Waals surface area contributed by atoms with Crippen molar-refractivity contribution in [2.24, 2.45) is 5.41 Å². The molecule has 1 aliphatic heterocycles. The first kappa shape index (κ1) is 50.4. The number of benzene rings is 2. The maximum absolute atomic E-state index is 13.5. The van der Waals surface area contributed by atoms with Crippen molar-refractivity contribution >= 4 is 63.2 Å². The van der Waals surface area contributed by atoms with Gasteiger partial charge in [-0.2, -0.15) is 0 Å². The number of aromatic amines is 1. The number of rotatable bonds is 10. The van der Waals surface area contributed by atoms with Gasteiger partial charge >= 0.3 is 0 Å². The standard InChI is InChI=1S/C23H34N4O3.C10H8ClNO2.C4H7NO2S.C2H4.2C2H2/c1-23(2,3)19(24-17-9-6-8-15(14-17)21(29)26(4)5)22(30)27-13-7-10-18(27)20(28)25-16-11-12-16;1-14-9-5-12-10(13)8-4-6(11)2-3-7(8)9;6-3-5-8(7)4-1-2-4;3*1-2/h6,8-9,14,16,18-19,24H,7,10-13H2,1-5H3,(H,25,28);2-5H,1H3,(H,12,13);3-4H,1-2H2,(H,5,6);1-2H2;2*1-2H/t18-,19?;;;;;/m0...../s1. The van der Waals surface area contributed by atoms with E-state index in [9.17, 15) is 28.2 Å². The number of aromatic nitrogens is 1. The summed E-state index contributed by atoms with van der Waals surface area (Å²) in [6.07, 6.45) is 23.6. The lowest BCUT2D eigenvalue weighted by molar-refractivity contribution is -0.140. The van der Waals surface area contributed by atoms with Gasteiger partial charge in [0, 0.05) is 54.5 Å². The smallest absolute Gasteiger partial charge is 0.256 e. The van der Waals surface area contributed by atoms with Gasteiger partial charge in [0.15, 0.2) is 0 Å². The first-order valence-electron chi connectivity index (χ1n) is 18.5. The van der Waals surface area contributed by atoms with Crippen LogP contribution >= 0.6 is 11.6 Å². The minimum atomic E-state index is -1.08. The highest BCUT2D eigenvalue weighted by Crippen LogP contribution is 2.30. The van der Waals surface area contributed by atoms with Crippen molar-refractivity contribution < 1.29 is 28.1 Å². The fourth-order valence-corrected chi connectivity index (χ4v) is 6.63. The normalized spacial score (nSPS) is 16.0. The number of likely N-dealkylation sites (tertiary alicyclic amines) is 1. The monoisotopic (exact) mass is 836 g/mol. The quantitative estimate of drug-likeness (QED) is 0.117. The van der Waals surface area contributed by atoms with Crippen LogP contribution in [0.3, 0.4) is 0 Å². The van der Waals surface area contributed by atoms with Gasteiger partial charge in [-0.15, -0.1) is 38.9 Å². The van der Waals surface area contributed by atoms with Crippen molar-refractivity contribution in [2.75, 3.05) is 33.1 Å². The van der Waals surface area contributed by atoms with Crippen LogP contribution in [0.15, 0.2) is 66.6 Å². The third-order valence-corrected chi connectivity index (χ3v) is 10.4. The van der Waals surface area contributed by atoms with E-state index in [0.717, 1.165) is 37.5 Å². The molecule has 314 valence electrons. The van der Waals surface area contributed by atoms with Crippen molar-refractivity contribution in [2.45, 2.75) is 82.7 Å². The molecule has 3 atom stereocenters. The highest BCUT2D eigenvalue weighted by molar-refractivity contribution is 7.84. The zero-order valence-electron chi connectivity index (χ0n) is 34.2. The number of pyridine rings is 1. The van der Waals surface area contributed by atoms with Crippen LogP contribution in [0.4, 0.5) is 5.69 Å². The van der Waals surface area contributed by atoms with Crippen molar-refractivity contribution in [3.8, 4) is 31.4 Å². The SMILES string of the molecule is C#C.C#C.C=C.CN(C)C(=O)c1cccc(NC(C(=O)N2CCC[C@H]2C(=O)NC2CC2)C(C)(C)C)c1.COc1c[nH]c(=O)c2cc(Cl)ccc12.O=CNS(=O)C1CC1. The van der Waals surface area contributed by atoms with Gasteiger partial charge < -0.3 is 30.2 Å². The number of hydrogen-bond acceptors (Lipinski definition) is 8.